The molecular weight excluding hydrogens is 609 g/mol. The van der Waals surface area contributed by atoms with E-state index in [1.165, 1.54) is 140 Å². The second-order valence-electron chi connectivity index (χ2n) is 12.8. The lowest BCUT2D eigenvalue weighted by Crippen LogP contribution is -1.90. The third-order valence-electron chi connectivity index (χ3n) is 9.08. The fourth-order valence-corrected chi connectivity index (χ4v) is 10.8. The van der Waals surface area contributed by atoms with Gasteiger partial charge in [0.2, 0.25) is 0 Å². The standard InChI is InChI=1S/C40H48S4/c1-4-6-8-10-11-13-15-17-33-22-29-20-30-23-34(42-38(30)26-37(29)41-33)18-19-35-24-31-21-32-25-36(44-40(32)27-39(31)43-35)28(3)16-14-12-9-7-5-2/h18-28H,4-17H2,1-3H3/b19-18+. The van der Waals surface area contributed by atoms with Crippen molar-refractivity contribution in [2.45, 2.75) is 117 Å². The fraction of sp³-hybridized carbons (Fsp3) is 0.450. The molecule has 4 heterocycles. The van der Waals surface area contributed by atoms with E-state index in [0.717, 1.165) is 0 Å². The Morgan fingerprint density at radius 3 is 1.64 bits per heavy atom. The first kappa shape index (κ1) is 32.0. The Morgan fingerprint density at radius 2 is 1.00 bits per heavy atom. The molecule has 1 unspecified atom stereocenters. The van der Waals surface area contributed by atoms with E-state index < -0.39 is 0 Å². The Hall–Kier alpha value is -1.98. The number of rotatable bonds is 17. The highest BCUT2D eigenvalue weighted by atomic mass is 32.1. The molecule has 0 aliphatic carbocycles. The van der Waals surface area contributed by atoms with Gasteiger partial charge < -0.3 is 0 Å². The summed E-state index contributed by atoms with van der Waals surface area (Å²) in [6.45, 7) is 7.01. The van der Waals surface area contributed by atoms with Gasteiger partial charge in [0.1, 0.15) is 0 Å². The van der Waals surface area contributed by atoms with Crippen molar-refractivity contribution in [1.29, 1.82) is 0 Å². The quantitative estimate of drug-likeness (QED) is 0.0857. The van der Waals surface area contributed by atoms with Gasteiger partial charge in [0.05, 0.1) is 0 Å². The number of aryl methyl sites for hydroxylation is 1. The summed E-state index contributed by atoms with van der Waals surface area (Å²) in [4.78, 5) is 5.79. The van der Waals surface area contributed by atoms with Crippen molar-refractivity contribution < 1.29 is 0 Å². The first-order valence-corrected chi connectivity index (χ1v) is 20.5. The molecule has 0 aliphatic heterocycles. The van der Waals surface area contributed by atoms with Crippen molar-refractivity contribution in [1.82, 2.24) is 0 Å². The molecule has 4 aromatic heterocycles. The molecule has 0 aliphatic rings. The van der Waals surface area contributed by atoms with Crippen LogP contribution >= 0.6 is 45.3 Å². The summed E-state index contributed by atoms with van der Waals surface area (Å²) in [6.07, 6.45) is 23.7. The maximum atomic E-state index is 2.46. The van der Waals surface area contributed by atoms with Gasteiger partial charge in [-0.25, -0.2) is 0 Å². The van der Waals surface area contributed by atoms with Crippen LogP contribution < -0.4 is 0 Å². The average molecular weight is 657 g/mol. The van der Waals surface area contributed by atoms with E-state index in [0.29, 0.717) is 5.92 Å². The zero-order chi connectivity index (χ0) is 30.3. The molecule has 6 aromatic rings. The van der Waals surface area contributed by atoms with E-state index in [2.05, 4.69) is 81.5 Å². The van der Waals surface area contributed by atoms with E-state index >= 15 is 0 Å². The van der Waals surface area contributed by atoms with Crippen LogP contribution in [-0.4, -0.2) is 0 Å². The molecule has 4 heteroatoms. The Kier molecular flexibility index (Phi) is 11.3. The molecule has 0 fully saturated rings. The van der Waals surface area contributed by atoms with E-state index in [1.807, 2.05) is 45.3 Å². The molecule has 232 valence electrons. The van der Waals surface area contributed by atoms with Crippen LogP contribution in [0.2, 0.25) is 0 Å². The number of unbranched alkanes of at least 4 members (excludes halogenated alkanes) is 10. The lowest BCUT2D eigenvalue weighted by molar-refractivity contribution is 0.571. The molecule has 0 N–H and O–H groups in total. The number of hydrogen-bond donors (Lipinski definition) is 0. The number of fused-ring (bicyclic) bond motifs is 4. The van der Waals surface area contributed by atoms with Crippen molar-refractivity contribution in [2.75, 3.05) is 0 Å². The number of hydrogen-bond acceptors (Lipinski definition) is 4. The Morgan fingerprint density at radius 1 is 0.500 bits per heavy atom. The molecule has 0 nitrogen and oxygen atoms in total. The summed E-state index contributed by atoms with van der Waals surface area (Å²) in [6, 6.07) is 19.4. The first-order valence-electron chi connectivity index (χ1n) is 17.2. The van der Waals surface area contributed by atoms with Gasteiger partial charge in [0.25, 0.3) is 0 Å². The summed E-state index contributed by atoms with van der Waals surface area (Å²) in [5.41, 5.74) is 0. The van der Waals surface area contributed by atoms with Crippen LogP contribution in [0.4, 0.5) is 0 Å². The number of benzene rings is 2. The van der Waals surface area contributed by atoms with Crippen molar-refractivity contribution in [3.8, 4) is 0 Å². The second-order valence-corrected chi connectivity index (χ2v) is 17.3. The molecule has 2 aromatic carbocycles. The SMILES string of the molecule is CCCCCCCCCc1cc2cc3cc(/C=C/c4cc5cc6cc(C(C)CCCCCCC)sc6cc5s4)sc3cc2s1. The van der Waals surface area contributed by atoms with Crippen LogP contribution in [0.1, 0.15) is 130 Å². The average Bonchev–Trinajstić information content (AvgIpc) is 3.80. The van der Waals surface area contributed by atoms with Gasteiger partial charge in [-0.3, -0.25) is 0 Å². The Labute approximate surface area is 280 Å². The molecule has 1 atom stereocenters. The van der Waals surface area contributed by atoms with Crippen molar-refractivity contribution in [3.63, 3.8) is 0 Å². The lowest BCUT2D eigenvalue weighted by Gasteiger charge is -2.08. The minimum Gasteiger partial charge on any atom is -0.140 e. The maximum Gasteiger partial charge on any atom is 0.0363 e. The molecule has 0 radical (unpaired) electrons. The third-order valence-corrected chi connectivity index (χ3v) is 13.7. The normalized spacial score (nSPS) is 13.1. The van der Waals surface area contributed by atoms with Gasteiger partial charge >= 0.3 is 0 Å². The van der Waals surface area contributed by atoms with Crippen LogP contribution in [0.5, 0.6) is 0 Å². The van der Waals surface area contributed by atoms with E-state index in [-0.39, 0.29) is 0 Å². The molecule has 0 saturated carbocycles. The van der Waals surface area contributed by atoms with E-state index in [9.17, 15) is 0 Å². The van der Waals surface area contributed by atoms with Crippen LogP contribution in [0, 0.1) is 0 Å². The second kappa shape index (κ2) is 15.5. The third kappa shape index (κ3) is 8.05. The van der Waals surface area contributed by atoms with Crippen LogP contribution in [0.25, 0.3) is 52.5 Å². The van der Waals surface area contributed by atoms with Crippen molar-refractivity contribution in [2.24, 2.45) is 0 Å². The van der Waals surface area contributed by atoms with Crippen molar-refractivity contribution >= 4 is 97.8 Å². The highest BCUT2D eigenvalue weighted by molar-refractivity contribution is 7.22. The van der Waals surface area contributed by atoms with Gasteiger partial charge in [0, 0.05) is 38.3 Å². The fourth-order valence-electron chi connectivity index (χ4n) is 6.42. The Bertz CT molecular complexity index is 1720. The minimum atomic E-state index is 0.666. The van der Waals surface area contributed by atoms with E-state index in [4.69, 9.17) is 0 Å². The van der Waals surface area contributed by atoms with Crippen LogP contribution in [0.3, 0.4) is 0 Å². The zero-order valence-corrected chi connectivity index (χ0v) is 30.1. The van der Waals surface area contributed by atoms with Crippen LogP contribution in [-0.2, 0) is 6.42 Å². The maximum absolute atomic E-state index is 2.46. The van der Waals surface area contributed by atoms with Gasteiger partial charge in [-0.05, 0) is 107 Å². The summed E-state index contributed by atoms with van der Waals surface area (Å²) >= 11 is 7.86. The molecule has 0 amide bonds. The first-order chi connectivity index (χ1) is 21.6. The monoisotopic (exact) mass is 656 g/mol. The smallest absolute Gasteiger partial charge is 0.0363 e. The van der Waals surface area contributed by atoms with Gasteiger partial charge in [-0.15, -0.1) is 45.3 Å². The number of thiophene rings is 4. The summed E-state index contributed by atoms with van der Waals surface area (Å²) < 4.78 is 5.70. The molecule has 6 rings (SSSR count). The lowest BCUT2D eigenvalue weighted by atomic mass is 10.0. The Balaban J connectivity index is 1.08. The molecule has 0 bridgehead atoms. The minimum absolute atomic E-state index is 0.666. The topological polar surface area (TPSA) is 0 Å². The summed E-state index contributed by atoms with van der Waals surface area (Å²) in [5, 5.41) is 5.59. The highest BCUT2D eigenvalue weighted by Gasteiger charge is 2.12. The van der Waals surface area contributed by atoms with Crippen LogP contribution in [0.15, 0.2) is 48.5 Å². The van der Waals surface area contributed by atoms with E-state index in [1.54, 1.807) is 9.75 Å². The highest BCUT2D eigenvalue weighted by Crippen LogP contribution is 2.39. The largest absolute Gasteiger partial charge is 0.140 e. The summed E-state index contributed by atoms with van der Waals surface area (Å²) in [5.74, 6) is 0.666. The molecule has 0 saturated heterocycles. The van der Waals surface area contributed by atoms with Crippen molar-refractivity contribution in [3.05, 3.63) is 68.0 Å². The van der Waals surface area contributed by atoms with Gasteiger partial charge in [-0.2, -0.15) is 0 Å². The van der Waals surface area contributed by atoms with Gasteiger partial charge in [0.15, 0.2) is 0 Å². The molecule has 0 spiro atoms. The predicted octanol–water partition coefficient (Wildman–Crippen LogP) is 15.5. The zero-order valence-electron chi connectivity index (χ0n) is 26.9. The molecular formula is C40H48S4. The van der Waals surface area contributed by atoms with Gasteiger partial charge in [-0.1, -0.05) is 91.4 Å². The molecule has 44 heavy (non-hydrogen) atoms. The predicted molar refractivity (Wildman–Crippen MR) is 207 cm³/mol. The summed E-state index contributed by atoms with van der Waals surface area (Å²) in [7, 11) is 0.